The number of carbonyl (C=O) groups is 3. The van der Waals surface area contributed by atoms with Crippen LogP contribution in [0.5, 0.6) is 0 Å². The van der Waals surface area contributed by atoms with Crippen LogP contribution in [0.4, 0.5) is 0 Å². The van der Waals surface area contributed by atoms with E-state index in [0.29, 0.717) is 12.8 Å². The molecule has 7 heteroatoms. The summed E-state index contributed by atoms with van der Waals surface area (Å²) in [6.07, 6.45) is 2.98. The minimum atomic E-state index is -0.854. The van der Waals surface area contributed by atoms with Crippen molar-refractivity contribution in [2.75, 3.05) is 13.1 Å². The Morgan fingerprint density at radius 3 is 2.17 bits per heavy atom. The van der Waals surface area contributed by atoms with E-state index in [4.69, 9.17) is 18.0 Å². The Balaban J connectivity index is 2.21. The number of imide groups is 1. The first-order chi connectivity index (χ1) is 8.45. The van der Waals surface area contributed by atoms with Gasteiger partial charge in [0.1, 0.15) is 13.1 Å². The lowest BCUT2D eigenvalue weighted by molar-refractivity contribution is -0.149. The van der Waals surface area contributed by atoms with Gasteiger partial charge in [-0.05, 0) is 12.8 Å². The molecule has 0 radical (unpaired) electrons. The fourth-order valence-electron chi connectivity index (χ4n) is 2.63. The third kappa shape index (κ3) is 2.10. The molecule has 18 heavy (non-hydrogen) atoms. The zero-order valence-electron chi connectivity index (χ0n) is 9.90. The number of amides is 3. The highest BCUT2D eigenvalue weighted by Gasteiger charge is 2.47. The topological polar surface area (TPSA) is 92.5 Å². The maximum Gasteiger partial charge on any atom is 0.246 e. The van der Waals surface area contributed by atoms with Gasteiger partial charge < -0.3 is 10.6 Å². The predicted octanol–water partition coefficient (Wildman–Crippen LogP) is -0.682. The Bertz CT molecular complexity index is 413. The highest BCUT2D eigenvalue weighted by Crippen LogP contribution is 2.40. The highest BCUT2D eigenvalue weighted by atomic mass is 32.1. The van der Waals surface area contributed by atoms with Gasteiger partial charge in [-0.3, -0.25) is 19.7 Å². The van der Waals surface area contributed by atoms with Crippen LogP contribution >= 0.6 is 12.2 Å². The monoisotopic (exact) mass is 269 g/mol. The minimum Gasteiger partial charge on any atom is -0.392 e. The first-order valence-corrected chi connectivity index (χ1v) is 6.28. The van der Waals surface area contributed by atoms with E-state index in [0.717, 1.165) is 12.8 Å². The van der Waals surface area contributed by atoms with Crippen LogP contribution < -0.4 is 11.1 Å². The van der Waals surface area contributed by atoms with Gasteiger partial charge in [0.05, 0.1) is 10.4 Å². The molecule has 0 bridgehead atoms. The molecule has 2 rings (SSSR count). The van der Waals surface area contributed by atoms with E-state index < -0.39 is 17.2 Å². The van der Waals surface area contributed by atoms with Crippen molar-refractivity contribution in [3.8, 4) is 0 Å². The third-order valence-corrected chi connectivity index (χ3v) is 3.96. The molecule has 1 aliphatic carbocycles. The Morgan fingerprint density at radius 2 is 1.72 bits per heavy atom. The number of nitrogens with one attached hydrogen (secondary N) is 1. The number of carbonyl (C=O) groups excluding carboxylic acids is 3. The van der Waals surface area contributed by atoms with Crippen LogP contribution in [0, 0.1) is 5.41 Å². The van der Waals surface area contributed by atoms with E-state index in [-0.39, 0.29) is 24.0 Å². The largest absolute Gasteiger partial charge is 0.392 e. The second kappa shape index (κ2) is 4.64. The molecule has 3 amide bonds. The van der Waals surface area contributed by atoms with Crippen LogP contribution in [0.25, 0.3) is 0 Å². The molecule has 0 aromatic heterocycles. The number of hydrogen-bond acceptors (Lipinski definition) is 4. The Hall–Kier alpha value is -1.50. The second-order valence-corrected chi connectivity index (χ2v) is 5.23. The summed E-state index contributed by atoms with van der Waals surface area (Å²) < 4.78 is 0. The van der Waals surface area contributed by atoms with Gasteiger partial charge in [-0.15, -0.1) is 0 Å². The molecule has 1 aliphatic heterocycles. The quantitative estimate of drug-likeness (QED) is 0.512. The predicted molar refractivity (Wildman–Crippen MR) is 67.4 cm³/mol. The second-order valence-electron chi connectivity index (χ2n) is 4.79. The molecule has 1 saturated heterocycles. The number of piperazine rings is 1. The maximum atomic E-state index is 12.5. The lowest BCUT2D eigenvalue weighted by Gasteiger charge is -2.34. The molecule has 0 unspecified atom stereocenters. The summed E-state index contributed by atoms with van der Waals surface area (Å²) in [5, 5.41) is 2.16. The summed E-state index contributed by atoms with van der Waals surface area (Å²) in [6.45, 7) is -0.204. The lowest BCUT2D eigenvalue weighted by Crippen LogP contribution is -2.58. The van der Waals surface area contributed by atoms with Gasteiger partial charge in [0.15, 0.2) is 0 Å². The summed E-state index contributed by atoms with van der Waals surface area (Å²) in [7, 11) is 0. The van der Waals surface area contributed by atoms with Crippen LogP contribution in [0.1, 0.15) is 25.7 Å². The molecule has 0 atom stereocenters. The summed E-state index contributed by atoms with van der Waals surface area (Å²) in [4.78, 5) is 36.5. The van der Waals surface area contributed by atoms with E-state index in [1.165, 1.54) is 4.90 Å². The summed E-state index contributed by atoms with van der Waals surface area (Å²) in [6, 6.07) is 0. The van der Waals surface area contributed by atoms with Crippen molar-refractivity contribution in [3.63, 3.8) is 0 Å². The normalized spacial score (nSPS) is 22.8. The Morgan fingerprint density at radius 1 is 1.22 bits per heavy atom. The van der Waals surface area contributed by atoms with Crippen molar-refractivity contribution >= 4 is 34.9 Å². The SMILES string of the molecule is NC(=S)C1(C(=O)N2CC(=O)NC(=O)C2)CCCC1. The molecule has 1 saturated carbocycles. The molecule has 2 aliphatic rings. The first-order valence-electron chi connectivity index (χ1n) is 5.88. The average Bonchev–Trinajstić information content (AvgIpc) is 2.76. The number of nitrogens with two attached hydrogens (primary N) is 1. The van der Waals surface area contributed by atoms with Gasteiger partial charge in [0.25, 0.3) is 0 Å². The van der Waals surface area contributed by atoms with Crippen LogP contribution in [0.15, 0.2) is 0 Å². The van der Waals surface area contributed by atoms with E-state index in [1.807, 2.05) is 0 Å². The minimum absolute atomic E-state index is 0.102. The Kier molecular flexibility index (Phi) is 3.34. The van der Waals surface area contributed by atoms with E-state index >= 15 is 0 Å². The van der Waals surface area contributed by atoms with Crippen molar-refractivity contribution in [2.24, 2.45) is 11.1 Å². The summed E-state index contributed by atoms with van der Waals surface area (Å²) in [5.74, 6) is -1.21. The first kappa shape index (κ1) is 12.9. The van der Waals surface area contributed by atoms with Crippen LogP contribution in [-0.4, -0.2) is 40.7 Å². The Labute approximate surface area is 110 Å². The van der Waals surface area contributed by atoms with Crippen LogP contribution in [-0.2, 0) is 14.4 Å². The molecule has 0 aromatic rings. The summed E-state index contributed by atoms with van der Waals surface area (Å²) in [5.41, 5.74) is 4.85. The van der Waals surface area contributed by atoms with Gasteiger partial charge in [0.2, 0.25) is 17.7 Å². The van der Waals surface area contributed by atoms with Crippen molar-refractivity contribution in [1.82, 2.24) is 10.2 Å². The molecular weight excluding hydrogens is 254 g/mol. The number of nitrogens with zero attached hydrogens (tertiary/aromatic N) is 1. The molecule has 0 aromatic carbocycles. The molecule has 1 heterocycles. The molecular formula is C11H15N3O3S. The zero-order valence-corrected chi connectivity index (χ0v) is 10.7. The number of hydrogen-bond donors (Lipinski definition) is 2. The van der Waals surface area contributed by atoms with Crippen molar-refractivity contribution in [2.45, 2.75) is 25.7 Å². The molecule has 2 fully saturated rings. The standard InChI is InChI=1S/C11H15N3O3S/c12-9(18)11(3-1-2-4-11)10(17)14-5-7(15)13-8(16)6-14/h1-6H2,(H2,12,18)(H,13,15,16). The van der Waals surface area contributed by atoms with E-state index in [1.54, 1.807) is 0 Å². The lowest BCUT2D eigenvalue weighted by atomic mass is 9.84. The zero-order chi connectivity index (χ0) is 13.3. The fourth-order valence-corrected chi connectivity index (χ4v) is 2.92. The molecule has 98 valence electrons. The number of thiocarbonyl (C=S) groups is 1. The van der Waals surface area contributed by atoms with Gasteiger partial charge in [0, 0.05) is 0 Å². The number of rotatable bonds is 2. The average molecular weight is 269 g/mol. The van der Waals surface area contributed by atoms with Gasteiger partial charge in [-0.1, -0.05) is 25.1 Å². The smallest absolute Gasteiger partial charge is 0.246 e. The summed E-state index contributed by atoms with van der Waals surface area (Å²) >= 11 is 5.02. The fraction of sp³-hybridized carbons (Fsp3) is 0.636. The molecule has 3 N–H and O–H groups in total. The molecule has 0 spiro atoms. The van der Waals surface area contributed by atoms with Gasteiger partial charge >= 0.3 is 0 Å². The van der Waals surface area contributed by atoms with Gasteiger partial charge in [-0.25, -0.2) is 0 Å². The van der Waals surface area contributed by atoms with E-state index in [2.05, 4.69) is 5.32 Å². The maximum absolute atomic E-state index is 12.5. The van der Waals surface area contributed by atoms with Crippen molar-refractivity contribution in [3.05, 3.63) is 0 Å². The highest BCUT2D eigenvalue weighted by molar-refractivity contribution is 7.80. The molecule has 6 nitrogen and oxygen atoms in total. The van der Waals surface area contributed by atoms with Crippen molar-refractivity contribution in [1.29, 1.82) is 0 Å². The van der Waals surface area contributed by atoms with Crippen molar-refractivity contribution < 1.29 is 14.4 Å². The van der Waals surface area contributed by atoms with Crippen LogP contribution in [0.2, 0.25) is 0 Å². The third-order valence-electron chi connectivity index (χ3n) is 3.57. The van der Waals surface area contributed by atoms with E-state index in [9.17, 15) is 14.4 Å². The van der Waals surface area contributed by atoms with Crippen LogP contribution in [0.3, 0.4) is 0 Å². The van der Waals surface area contributed by atoms with Gasteiger partial charge in [-0.2, -0.15) is 0 Å².